The van der Waals surface area contributed by atoms with Gasteiger partial charge < -0.3 is 10.1 Å². The van der Waals surface area contributed by atoms with Gasteiger partial charge in [-0.25, -0.2) is 9.97 Å². The monoisotopic (exact) mass is 446 g/mol. The van der Waals surface area contributed by atoms with Crippen LogP contribution in [0.2, 0.25) is 0 Å². The first-order chi connectivity index (χ1) is 15.5. The number of ether oxygens (including phenoxy) is 1. The van der Waals surface area contributed by atoms with Crippen molar-refractivity contribution in [1.29, 1.82) is 0 Å². The van der Waals surface area contributed by atoms with Gasteiger partial charge in [0.05, 0.1) is 23.1 Å². The number of amides is 1. The topological polar surface area (TPSA) is 178 Å². The number of nitro groups is 2. The minimum Gasteiger partial charge on any atom is -0.379 e. The number of para-hydroxylation sites is 1. The Morgan fingerprint density at radius 2 is 1.81 bits per heavy atom. The van der Waals surface area contributed by atoms with Gasteiger partial charge in [0.2, 0.25) is 11.6 Å². The van der Waals surface area contributed by atoms with Gasteiger partial charge in [0.25, 0.3) is 11.6 Å². The maximum Gasteiger partial charge on any atom is 0.354 e. The van der Waals surface area contributed by atoms with Crippen LogP contribution in [0, 0.1) is 20.2 Å². The number of morpholine rings is 1. The van der Waals surface area contributed by atoms with Gasteiger partial charge in [-0.05, 0) is 19.0 Å². The minimum atomic E-state index is -0.842. The van der Waals surface area contributed by atoms with Crippen LogP contribution in [0.3, 0.4) is 0 Å². The van der Waals surface area contributed by atoms with Crippen molar-refractivity contribution in [3.63, 3.8) is 0 Å². The third-order valence-corrected chi connectivity index (χ3v) is 4.69. The standard InChI is InChI=1S/C18H22N8O6/c27-18(13-4-1-2-5-14(13)25(28)29)23-22-17-15(26(30)31)16(20-12-21-17)19-6-3-7-24-8-10-32-11-9-24/h1-2,4-5,12H,3,6-11H2,(H,23,27)(H2,19,20,21,22). The molecule has 32 heavy (non-hydrogen) atoms. The van der Waals surface area contributed by atoms with Gasteiger partial charge in [-0.15, -0.1) is 0 Å². The molecule has 0 aliphatic carbocycles. The molecule has 0 atom stereocenters. The second-order valence-electron chi connectivity index (χ2n) is 6.76. The fourth-order valence-electron chi connectivity index (χ4n) is 3.11. The van der Waals surface area contributed by atoms with Crippen LogP contribution < -0.4 is 16.2 Å². The van der Waals surface area contributed by atoms with Crippen molar-refractivity contribution < 1.29 is 19.4 Å². The highest BCUT2D eigenvalue weighted by molar-refractivity contribution is 5.98. The molecule has 1 aliphatic heterocycles. The molecule has 1 amide bonds. The number of nitrogens with zero attached hydrogens (tertiary/aromatic N) is 5. The molecular weight excluding hydrogens is 424 g/mol. The molecule has 1 fully saturated rings. The van der Waals surface area contributed by atoms with Crippen LogP contribution in [-0.2, 0) is 4.74 Å². The van der Waals surface area contributed by atoms with Crippen molar-refractivity contribution in [3.05, 3.63) is 56.4 Å². The molecule has 0 saturated carbocycles. The van der Waals surface area contributed by atoms with Crippen LogP contribution in [0.25, 0.3) is 0 Å². The van der Waals surface area contributed by atoms with Gasteiger partial charge in [-0.2, -0.15) is 0 Å². The number of aromatic nitrogens is 2. The zero-order chi connectivity index (χ0) is 22.9. The van der Waals surface area contributed by atoms with E-state index in [9.17, 15) is 25.0 Å². The molecule has 0 unspecified atom stereocenters. The van der Waals surface area contributed by atoms with Crippen molar-refractivity contribution in [2.24, 2.45) is 0 Å². The molecule has 3 rings (SSSR count). The highest BCUT2D eigenvalue weighted by Crippen LogP contribution is 2.28. The molecular formula is C18H22N8O6. The van der Waals surface area contributed by atoms with E-state index in [0.717, 1.165) is 32.4 Å². The first-order valence-electron chi connectivity index (χ1n) is 9.80. The lowest BCUT2D eigenvalue weighted by Gasteiger charge is -2.26. The van der Waals surface area contributed by atoms with Crippen LogP contribution >= 0.6 is 0 Å². The number of anilines is 2. The molecule has 0 radical (unpaired) electrons. The summed E-state index contributed by atoms with van der Waals surface area (Å²) in [5.41, 5.74) is 3.51. The van der Waals surface area contributed by atoms with Crippen LogP contribution in [0.1, 0.15) is 16.8 Å². The zero-order valence-electron chi connectivity index (χ0n) is 17.0. The Morgan fingerprint density at radius 1 is 1.09 bits per heavy atom. The summed E-state index contributed by atoms with van der Waals surface area (Å²) in [4.78, 5) is 43.7. The average Bonchev–Trinajstić information content (AvgIpc) is 2.80. The van der Waals surface area contributed by atoms with E-state index in [-0.39, 0.29) is 17.2 Å². The summed E-state index contributed by atoms with van der Waals surface area (Å²) in [5, 5.41) is 25.6. The Kier molecular flexibility index (Phi) is 7.77. The quantitative estimate of drug-likeness (QED) is 0.271. The predicted octanol–water partition coefficient (Wildman–Crippen LogP) is 1.18. The normalized spacial score (nSPS) is 13.9. The fourth-order valence-corrected chi connectivity index (χ4v) is 3.11. The Balaban J connectivity index is 1.63. The Hall–Kier alpha value is -3.91. The molecule has 14 nitrogen and oxygen atoms in total. The van der Waals surface area contributed by atoms with Crippen molar-refractivity contribution in [2.45, 2.75) is 6.42 Å². The molecule has 1 aromatic carbocycles. The summed E-state index contributed by atoms with van der Waals surface area (Å²) in [6.45, 7) is 4.33. The molecule has 0 spiro atoms. The summed E-state index contributed by atoms with van der Waals surface area (Å²) in [6.07, 6.45) is 1.84. The lowest BCUT2D eigenvalue weighted by atomic mass is 10.2. The van der Waals surface area contributed by atoms with Crippen molar-refractivity contribution >= 4 is 28.9 Å². The van der Waals surface area contributed by atoms with Gasteiger partial charge >= 0.3 is 5.69 Å². The SMILES string of the molecule is O=C(NNc1ncnc(NCCCN2CCOCC2)c1[N+](=O)[O-])c1ccccc1[N+](=O)[O-]. The highest BCUT2D eigenvalue weighted by Gasteiger charge is 2.25. The molecule has 0 bridgehead atoms. The molecule has 1 saturated heterocycles. The third kappa shape index (κ3) is 5.83. The van der Waals surface area contributed by atoms with Gasteiger partial charge in [0.15, 0.2) is 0 Å². The largest absolute Gasteiger partial charge is 0.379 e. The van der Waals surface area contributed by atoms with Gasteiger partial charge in [-0.1, -0.05) is 12.1 Å². The van der Waals surface area contributed by atoms with E-state index < -0.39 is 27.1 Å². The third-order valence-electron chi connectivity index (χ3n) is 4.69. The molecule has 1 aliphatic rings. The van der Waals surface area contributed by atoms with E-state index >= 15 is 0 Å². The van der Waals surface area contributed by atoms with Crippen LogP contribution in [-0.4, -0.2) is 70.0 Å². The Labute approximate surface area is 182 Å². The molecule has 2 heterocycles. The lowest BCUT2D eigenvalue weighted by molar-refractivity contribution is -0.385. The summed E-state index contributed by atoms with van der Waals surface area (Å²) in [7, 11) is 0. The van der Waals surface area contributed by atoms with E-state index in [1.165, 1.54) is 24.3 Å². The number of hydrogen-bond acceptors (Lipinski definition) is 11. The van der Waals surface area contributed by atoms with E-state index in [1.807, 2.05) is 0 Å². The number of carbonyl (C=O) groups is 1. The first kappa shape index (κ1) is 22.8. The fraction of sp³-hybridized carbons (Fsp3) is 0.389. The van der Waals surface area contributed by atoms with E-state index in [1.54, 1.807) is 0 Å². The summed E-state index contributed by atoms with van der Waals surface area (Å²) >= 11 is 0. The van der Waals surface area contributed by atoms with Crippen LogP contribution in [0.5, 0.6) is 0 Å². The number of rotatable bonds is 10. The van der Waals surface area contributed by atoms with Crippen molar-refractivity contribution in [3.8, 4) is 0 Å². The van der Waals surface area contributed by atoms with E-state index in [2.05, 4.69) is 31.0 Å². The Bertz CT molecular complexity index is 982. The average molecular weight is 446 g/mol. The maximum absolute atomic E-state index is 12.4. The van der Waals surface area contributed by atoms with Crippen molar-refractivity contribution in [1.82, 2.24) is 20.3 Å². The molecule has 2 aromatic rings. The molecule has 1 aromatic heterocycles. The molecule has 3 N–H and O–H groups in total. The number of carbonyl (C=O) groups excluding carboxylic acids is 1. The Morgan fingerprint density at radius 3 is 2.53 bits per heavy atom. The summed E-state index contributed by atoms with van der Waals surface area (Å²) < 4.78 is 5.30. The summed E-state index contributed by atoms with van der Waals surface area (Å²) in [5.74, 6) is -1.10. The smallest absolute Gasteiger partial charge is 0.354 e. The van der Waals surface area contributed by atoms with Gasteiger partial charge in [0.1, 0.15) is 11.9 Å². The van der Waals surface area contributed by atoms with Gasteiger partial charge in [-0.3, -0.25) is 40.8 Å². The highest BCUT2D eigenvalue weighted by atomic mass is 16.6. The first-order valence-corrected chi connectivity index (χ1v) is 9.80. The van der Waals surface area contributed by atoms with Crippen LogP contribution in [0.4, 0.5) is 23.0 Å². The van der Waals surface area contributed by atoms with Crippen molar-refractivity contribution in [2.75, 3.05) is 50.1 Å². The molecule has 14 heteroatoms. The maximum atomic E-state index is 12.4. The number of hydrazine groups is 1. The predicted molar refractivity (Wildman–Crippen MR) is 113 cm³/mol. The lowest BCUT2D eigenvalue weighted by Crippen LogP contribution is -2.37. The second-order valence-corrected chi connectivity index (χ2v) is 6.76. The zero-order valence-corrected chi connectivity index (χ0v) is 17.0. The van der Waals surface area contributed by atoms with Gasteiger partial charge in [0, 0.05) is 25.7 Å². The van der Waals surface area contributed by atoms with Crippen LogP contribution in [0.15, 0.2) is 30.6 Å². The number of nitrogens with one attached hydrogen (secondary N) is 3. The number of nitro benzene ring substituents is 1. The summed E-state index contributed by atoms with van der Waals surface area (Å²) in [6, 6.07) is 5.34. The minimum absolute atomic E-state index is 0.00517. The molecule has 170 valence electrons. The van der Waals surface area contributed by atoms with E-state index in [0.29, 0.717) is 19.8 Å². The number of benzene rings is 1. The number of hydrogen-bond donors (Lipinski definition) is 3. The van der Waals surface area contributed by atoms with E-state index in [4.69, 9.17) is 4.74 Å². The second kappa shape index (κ2) is 10.9.